The van der Waals surface area contributed by atoms with Gasteiger partial charge in [0.05, 0.1) is 23.7 Å². The van der Waals surface area contributed by atoms with Gasteiger partial charge in [-0.15, -0.1) is 0 Å². The van der Waals surface area contributed by atoms with Gasteiger partial charge in [0, 0.05) is 44.9 Å². The summed E-state index contributed by atoms with van der Waals surface area (Å²) in [7, 11) is 5.64. The molecule has 2 bridgehead atoms. The van der Waals surface area contributed by atoms with E-state index in [0.29, 0.717) is 48.5 Å². The van der Waals surface area contributed by atoms with Crippen LogP contribution in [0.5, 0.6) is 11.6 Å². The van der Waals surface area contributed by atoms with Gasteiger partial charge in [-0.05, 0) is 44.6 Å². The number of fused-ring (bicyclic) bond motifs is 2. The van der Waals surface area contributed by atoms with Crippen molar-refractivity contribution in [2.45, 2.75) is 32.2 Å². The van der Waals surface area contributed by atoms with E-state index in [4.69, 9.17) is 4.74 Å². The van der Waals surface area contributed by atoms with Crippen molar-refractivity contribution in [2.24, 2.45) is 4.99 Å². The predicted molar refractivity (Wildman–Crippen MR) is 137 cm³/mol. The topological polar surface area (TPSA) is 119 Å². The van der Waals surface area contributed by atoms with E-state index in [0.717, 1.165) is 42.8 Å². The third kappa shape index (κ3) is 5.89. The highest BCUT2D eigenvalue weighted by Crippen LogP contribution is 2.32. The molecule has 0 fully saturated rings. The van der Waals surface area contributed by atoms with Crippen molar-refractivity contribution in [3.63, 3.8) is 0 Å². The number of carbonyl (C=O) groups excluding carboxylic acids is 1. The van der Waals surface area contributed by atoms with Gasteiger partial charge in [0.15, 0.2) is 5.88 Å². The first-order chi connectivity index (χ1) is 17.0. The minimum absolute atomic E-state index is 0.0252. The van der Waals surface area contributed by atoms with Gasteiger partial charge < -0.3 is 29.9 Å². The number of benzene rings is 1. The van der Waals surface area contributed by atoms with Crippen LogP contribution in [-0.2, 0) is 11.3 Å². The van der Waals surface area contributed by atoms with Crippen molar-refractivity contribution in [2.75, 3.05) is 45.7 Å². The SMILES string of the molecule is COc1ccc2cc1CN(C)CCCCCC(=O)NCCN(C)c1ncnc3[nH]c(O)c(c13)C=N2. The second-order valence-electron chi connectivity index (χ2n) is 8.88. The Morgan fingerprint density at radius 3 is 2.80 bits per heavy atom. The lowest BCUT2D eigenvalue weighted by Crippen LogP contribution is -2.33. The zero-order valence-corrected chi connectivity index (χ0v) is 20.5. The van der Waals surface area contributed by atoms with E-state index in [1.54, 1.807) is 13.3 Å². The van der Waals surface area contributed by atoms with E-state index in [2.05, 4.69) is 37.2 Å². The third-order valence-corrected chi connectivity index (χ3v) is 6.21. The zero-order valence-electron chi connectivity index (χ0n) is 20.5. The number of hydrogen-bond donors (Lipinski definition) is 3. The largest absolute Gasteiger partial charge is 0.496 e. The number of nitrogens with one attached hydrogen (secondary N) is 2. The molecule has 1 amide bonds. The summed E-state index contributed by atoms with van der Waals surface area (Å²) in [4.78, 5) is 32.7. The molecule has 10 nitrogen and oxygen atoms in total. The summed E-state index contributed by atoms with van der Waals surface area (Å²) < 4.78 is 5.57. The highest BCUT2D eigenvalue weighted by atomic mass is 16.5. The third-order valence-electron chi connectivity index (χ3n) is 6.21. The Morgan fingerprint density at radius 2 is 1.97 bits per heavy atom. The normalized spacial score (nSPS) is 16.8. The van der Waals surface area contributed by atoms with Crippen molar-refractivity contribution >= 4 is 34.7 Å². The first-order valence-corrected chi connectivity index (χ1v) is 11.9. The molecule has 1 aliphatic rings. The van der Waals surface area contributed by atoms with Crippen molar-refractivity contribution in [1.82, 2.24) is 25.2 Å². The van der Waals surface area contributed by atoms with Crippen molar-refractivity contribution in [3.8, 4) is 11.6 Å². The van der Waals surface area contributed by atoms with Gasteiger partial charge in [-0.25, -0.2) is 9.97 Å². The number of anilines is 1. The fraction of sp³-hybridized carbons (Fsp3) is 0.440. The number of aliphatic imine (C=N–C) groups is 1. The molecule has 0 unspecified atom stereocenters. The maximum absolute atomic E-state index is 12.3. The first kappa shape index (κ1) is 24.5. The van der Waals surface area contributed by atoms with Crippen LogP contribution in [0.3, 0.4) is 0 Å². The number of methoxy groups -OCH3 is 1. The highest BCUT2D eigenvalue weighted by Gasteiger charge is 2.18. The van der Waals surface area contributed by atoms with Gasteiger partial charge in [0.1, 0.15) is 23.5 Å². The van der Waals surface area contributed by atoms with Crippen LogP contribution in [0.25, 0.3) is 11.0 Å². The van der Waals surface area contributed by atoms with Crippen molar-refractivity contribution in [1.29, 1.82) is 0 Å². The number of hydrogen-bond acceptors (Lipinski definition) is 8. The Balaban J connectivity index is 1.71. The number of likely N-dealkylation sites (N-methyl/N-ethyl adjacent to an activating group) is 1. The molecule has 0 radical (unpaired) electrons. The van der Waals surface area contributed by atoms with Crippen LogP contribution >= 0.6 is 0 Å². The van der Waals surface area contributed by atoms with Crippen LogP contribution in [0.4, 0.5) is 11.5 Å². The summed E-state index contributed by atoms with van der Waals surface area (Å²) in [6, 6.07) is 5.81. The summed E-state index contributed by atoms with van der Waals surface area (Å²) >= 11 is 0. The van der Waals surface area contributed by atoms with Gasteiger partial charge in [0.25, 0.3) is 0 Å². The molecular weight excluding hydrogens is 446 g/mol. The Labute approximate surface area is 205 Å². The molecule has 0 saturated heterocycles. The molecule has 1 aromatic carbocycles. The number of nitrogens with zero attached hydrogens (tertiary/aromatic N) is 5. The average molecular weight is 480 g/mol. The van der Waals surface area contributed by atoms with Gasteiger partial charge in [-0.1, -0.05) is 6.42 Å². The maximum atomic E-state index is 12.3. The molecule has 3 aromatic rings. The number of rotatable bonds is 1. The molecule has 0 spiro atoms. The van der Waals surface area contributed by atoms with Crippen molar-refractivity contribution in [3.05, 3.63) is 35.7 Å². The van der Waals surface area contributed by atoms with E-state index in [-0.39, 0.29) is 11.8 Å². The monoisotopic (exact) mass is 479 g/mol. The molecule has 4 rings (SSSR count). The second-order valence-corrected chi connectivity index (χ2v) is 8.88. The number of H-pyrrole nitrogens is 1. The van der Waals surface area contributed by atoms with Crippen LogP contribution in [0.1, 0.15) is 36.8 Å². The number of amides is 1. The maximum Gasteiger partial charge on any atom is 0.220 e. The fourth-order valence-corrected chi connectivity index (χ4v) is 4.31. The summed E-state index contributed by atoms with van der Waals surface area (Å²) in [6.45, 7) is 2.70. The minimum Gasteiger partial charge on any atom is -0.496 e. The summed E-state index contributed by atoms with van der Waals surface area (Å²) in [5.74, 6) is 1.49. The summed E-state index contributed by atoms with van der Waals surface area (Å²) in [6.07, 6.45) is 6.48. The average Bonchev–Trinajstić information content (AvgIpc) is 3.16. The number of ether oxygens (including phenoxy) is 1. The smallest absolute Gasteiger partial charge is 0.220 e. The second kappa shape index (κ2) is 11.2. The zero-order chi connectivity index (χ0) is 24.8. The Morgan fingerprint density at radius 1 is 1.11 bits per heavy atom. The molecule has 0 atom stereocenters. The Bertz CT molecular complexity index is 1210. The molecule has 0 saturated carbocycles. The lowest BCUT2D eigenvalue weighted by atomic mass is 10.1. The lowest BCUT2D eigenvalue weighted by Gasteiger charge is -2.20. The quantitative estimate of drug-likeness (QED) is 0.491. The van der Waals surface area contributed by atoms with Crippen LogP contribution in [0.15, 0.2) is 29.5 Å². The lowest BCUT2D eigenvalue weighted by molar-refractivity contribution is -0.121. The molecule has 1 aliphatic heterocycles. The molecule has 0 aliphatic carbocycles. The highest BCUT2D eigenvalue weighted by molar-refractivity contribution is 6.06. The van der Waals surface area contributed by atoms with Gasteiger partial charge in [-0.2, -0.15) is 0 Å². The van der Waals surface area contributed by atoms with Crippen LogP contribution in [-0.4, -0.2) is 77.9 Å². The van der Waals surface area contributed by atoms with Crippen LogP contribution in [0.2, 0.25) is 0 Å². The molecule has 3 N–H and O–H groups in total. The van der Waals surface area contributed by atoms with E-state index >= 15 is 0 Å². The molecule has 10 heteroatoms. The van der Waals surface area contributed by atoms with E-state index in [1.165, 1.54) is 6.33 Å². The molecule has 35 heavy (non-hydrogen) atoms. The summed E-state index contributed by atoms with van der Waals surface area (Å²) in [5.41, 5.74) is 2.82. The first-order valence-electron chi connectivity index (χ1n) is 11.9. The number of aromatic amines is 1. The van der Waals surface area contributed by atoms with Crippen LogP contribution in [0, 0.1) is 0 Å². The minimum atomic E-state index is -0.0252. The van der Waals surface area contributed by atoms with Gasteiger partial charge in [0.2, 0.25) is 5.91 Å². The standard InChI is InChI=1S/C25H33N7O3/c1-31-11-6-4-5-7-21(33)26-10-12-32(2)24-22-19(25(34)30-23(22)28-16-29-24)14-27-18-8-9-20(35-3)17(13-18)15-31/h8-9,13-14,16,34H,4-7,10-12,15H2,1-3H3,(H,26,33)(H,28,29,30). The predicted octanol–water partition coefficient (Wildman–Crippen LogP) is 2.98. The van der Waals surface area contributed by atoms with Gasteiger partial charge in [-0.3, -0.25) is 9.79 Å². The summed E-state index contributed by atoms with van der Waals surface area (Å²) in [5, 5.41) is 14.3. The van der Waals surface area contributed by atoms with E-state index in [1.807, 2.05) is 30.1 Å². The molecule has 3 heterocycles. The van der Waals surface area contributed by atoms with Gasteiger partial charge >= 0.3 is 0 Å². The number of aromatic hydroxyl groups is 1. The molecule has 186 valence electrons. The fourth-order valence-electron chi connectivity index (χ4n) is 4.31. The Hall–Kier alpha value is -3.66. The van der Waals surface area contributed by atoms with Crippen molar-refractivity contribution < 1.29 is 14.6 Å². The van der Waals surface area contributed by atoms with Crippen LogP contribution < -0.4 is 15.0 Å². The van der Waals surface area contributed by atoms with E-state index < -0.39 is 0 Å². The number of aromatic nitrogens is 3. The van der Waals surface area contributed by atoms with E-state index in [9.17, 15) is 9.90 Å². The molecular formula is C25H33N7O3. The molecule has 2 aromatic heterocycles. The Kier molecular flexibility index (Phi) is 7.81. The number of carbonyl (C=O) groups is 1.